The standard InChI is InChI=1S/C32H42F2N2O5/c1-32(2,3)41-31(38)36-19-23(17-27(36)30(37)39-5)40-28-15-14-26(33)25(29(28)34)16-20-10-12-21(13-11-20)24-9-7-6-8-22(24)18-35-4/h6-9,14-15,20-21,23,27,35H,10-13,16-19H2,1-5H3/t20-,21-,23-,27-/m0/s1. The van der Waals surface area contributed by atoms with Crippen LogP contribution in [0.4, 0.5) is 13.6 Å². The predicted octanol–water partition coefficient (Wildman–Crippen LogP) is 6.13. The van der Waals surface area contributed by atoms with Crippen molar-refractivity contribution < 1.29 is 32.6 Å². The Morgan fingerprint density at radius 3 is 2.41 bits per heavy atom. The number of likely N-dealkylation sites (tertiary alicyclic amines) is 1. The van der Waals surface area contributed by atoms with Crippen molar-refractivity contribution in [3.8, 4) is 5.75 Å². The molecule has 9 heteroatoms. The van der Waals surface area contributed by atoms with Gasteiger partial charge >= 0.3 is 12.1 Å². The summed E-state index contributed by atoms with van der Waals surface area (Å²) in [5.41, 5.74) is 1.92. The average Bonchev–Trinajstić information content (AvgIpc) is 3.36. The third-order valence-electron chi connectivity index (χ3n) is 8.01. The number of carbonyl (C=O) groups is 2. The smallest absolute Gasteiger partial charge is 0.411 e. The number of nitrogens with zero attached hydrogens (tertiary/aromatic N) is 1. The van der Waals surface area contributed by atoms with E-state index < -0.39 is 41.4 Å². The van der Waals surface area contributed by atoms with E-state index in [0.29, 0.717) is 12.3 Å². The molecule has 0 aromatic heterocycles. The molecule has 7 nitrogen and oxygen atoms in total. The van der Waals surface area contributed by atoms with E-state index in [4.69, 9.17) is 14.2 Å². The molecule has 224 valence electrons. The number of hydrogen-bond acceptors (Lipinski definition) is 6. The third kappa shape index (κ3) is 7.56. The molecule has 2 atom stereocenters. The second kappa shape index (κ2) is 13.2. The summed E-state index contributed by atoms with van der Waals surface area (Å²) in [5.74, 6) is -1.40. The van der Waals surface area contributed by atoms with Crippen LogP contribution in [0, 0.1) is 17.6 Å². The van der Waals surface area contributed by atoms with Crippen molar-refractivity contribution in [1.29, 1.82) is 0 Å². The molecule has 1 saturated carbocycles. The lowest BCUT2D eigenvalue weighted by atomic mass is 9.75. The fourth-order valence-electron chi connectivity index (χ4n) is 6.05. The number of esters is 1. The minimum atomic E-state index is -0.920. The zero-order chi connectivity index (χ0) is 29.7. The number of rotatable bonds is 8. The normalized spacial score (nSPS) is 22.9. The summed E-state index contributed by atoms with van der Waals surface area (Å²) in [6.07, 6.45) is 2.75. The fourth-order valence-corrected chi connectivity index (χ4v) is 6.05. The molecule has 1 N–H and O–H groups in total. The summed E-state index contributed by atoms with van der Waals surface area (Å²) in [4.78, 5) is 26.4. The van der Waals surface area contributed by atoms with E-state index in [-0.39, 0.29) is 30.2 Å². The number of nitrogens with one attached hydrogen (secondary N) is 1. The second-order valence-electron chi connectivity index (χ2n) is 12.1. The van der Waals surface area contributed by atoms with Crippen molar-refractivity contribution in [3.63, 3.8) is 0 Å². The van der Waals surface area contributed by atoms with Gasteiger partial charge in [0.2, 0.25) is 0 Å². The Labute approximate surface area is 241 Å². The van der Waals surface area contributed by atoms with Gasteiger partial charge in [-0.05, 0) is 95.0 Å². The van der Waals surface area contributed by atoms with E-state index in [1.807, 2.05) is 7.05 Å². The fraction of sp³-hybridized carbons (Fsp3) is 0.562. The van der Waals surface area contributed by atoms with Crippen LogP contribution in [-0.4, -0.2) is 55.4 Å². The van der Waals surface area contributed by atoms with Gasteiger partial charge in [0, 0.05) is 18.5 Å². The molecular weight excluding hydrogens is 530 g/mol. The largest absolute Gasteiger partial charge is 0.485 e. The van der Waals surface area contributed by atoms with Gasteiger partial charge in [-0.2, -0.15) is 0 Å². The van der Waals surface area contributed by atoms with E-state index in [1.165, 1.54) is 35.3 Å². The van der Waals surface area contributed by atoms with Crippen molar-refractivity contribution in [2.24, 2.45) is 5.92 Å². The first-order valence-electron chi connectivity index (χ1n) is 14.4. The van der Waals surface area contributed by atoms with Gasteiger partial charge in [0.25, 0.3) is 0 Å². The van der Waals surface area contributed by atoms with Crippen LogP contribution in [0.15, 0.2) is 36.4 Å². The van der Waals surface area contributed by atoms with E-state index in [9.17, 15) is 14.0 Å². The maximum absolute atomic E-state index is 15.7. The van der Waals surface area contributed by atoms with E-state index in [2.05, 4.69) is 29.6 Å². The van der Waals surface area contributed by atoms with Gasteiger partial charge in [0.1, 0.15) is 23.6 Å². The number of amides is 1. The van der Waals surface area contributed by atoms with Crippen molar-refractivity contribution in [1.82, 2.24) is 10.2 Å². The lowest BCUT2D eigenvalue weighted by molar-refractivity contribution is -0.145. The number of ether oxygens (including phenoxy) is 3. The van der Waals surface area contributed by atoms with Crippen LogP contribution in [-0.2, 0) is 27.2 Å². The zero-order valence-corrected chi connectivity index (χ0v) is 24.7. The maximum Gasteiger partial charge on any atom is 0.411 e. The number of methoxy groups -OCH3 is 1. The topological polar surface area (TPSA) is 77.1 Å². The quantitative estimate of drug-likeness (QED) is 0.384. The first-order valence-corrected chi connectivity index (χ1v) is 14.4. The second-order valence-corrected chi connectivity index (χ2v) is 12.1. The number of benzene rings is 2. The van der Waals surface area contributed by atoms with Crippen LogP contribution in [0.1, 0.15) is 75.5 Å². The Balaban J connectivity index is 1.42. The van der Waals surface area contributed by atoms with Crippen LogP contribution < -0.4 is 10.1 Å². The molecule has 1 amide bonds. The molecule has 0 radical (unpaired) electrons. The third-order valence-corrected chi connectivity index (χ3v) is 8.01. The Kier molecular flexibility index (Phi) is 9.89. The van der Waals surface area contributed by atoms with Gasteiger partial charge in [0.15, 0.2) is 11.6 Å². The van der Waals surface area contributed by atoms with Crippen molar-refractivity contribution in [2.45, 2.75) is 89.5 Å². The van der Waals surface area contributed by atoms with Crippen molar-refractivity contribution in [3.05, 3.63) is 64.7 Å². The Morgan fingerprint density at radius 1 is 1.05 bits per heavy atom. The minimum Gasteiger partial charge on any atom is -0.485 e. The van der Waals surface area contributed by atoms with Gasteiger partial charge in [-0.15, -0.1) is 0 Å². The lowest BCUT2D eigenvalue weighted by Gasteiger charge is -2.30. The summed E-state index contributed by atoms with van der Waals surface area (Å²) in [5, 5.41) is 3.23. The first-order chi connectivity index (χ1) is 19.5. The molecule has 0 unspecified atom stereocenters. The van der Waals surface area contributed by atoms with E-state index in [1.54, 1.807) is 20.8 Å². The van der Waals surface area contributed by atoms with Crippen molar-refractivity contribution >= 4 is 12.1 Å². The number of carbonyl (C=O) groups excluding carboxylic acids is 2. The van der Waals surface area contributed by atoms with Gasteiger partial charge < -0.3 is 19.5 Å². The predicted molar refractivity (Wildman–Crippen MR) is 152 cm³/mol. The van der Waals surface area contributed by atoms with Gasteiger partial charge in [-0.3, -0.25) is 4.90 Å². The molecule has 2 aromatic rings. The SMILES string of the molecule is CNCc1ccccc1[C@H]1CC[C@H](Cc2c(F)ccc(O[C@H]3C[C@@H](C(=O)OC)N(C(=O)OC(C)(C)C)C3)c2F)CC1. The number of halogens is 2. The highest BCUT2D eigenvalue weighted by atomic mass is 19.1. The van der Waals surface area contributed by atoms with Gasteiger partial charge in [-0.25, -0.2) is 18.4 Å². The molecule has 2 aromatic carbocycles. The Hall–Kier alpha value is -3.20. The maximum atomic E-state index is 15.7. The molecule has 0 spiro atoms. The molecule has 2 fully saturated rings. The molecular formula is C32H42F2N2O5. The molecule has 1 aliphatic heterocycles. The average molecular weight is 573 g/mol. The molecule has 1 aliphatic carbocycles. The molecule has 2 aliphatic rings. The summed E-state index contributed by atoms with van der Waals surface area (Å²) in [6, 6.07) is 10.0. The monoisotopic (exact) mass is 572 g/mol. The van der Waals surface area contributed by atoms with Crippen LogP contribution in [0.2, 0.25) is 0 Å². The van der Waals surface area contributed by atoms with Crippen LogP contribution >= 0.6 is 0 Å². The Bertz CT molecular complexity index is 1220. The highest BCUT2D eigenvalue weighted by Crippen LogP contribution is 2.39. The van der Waals surface area contributed by atoms with Crippen molar-refractivity contribution in [2.75, 3.05) is 20.7 Å². The minimum absolute atomic E-state index is 0.0138. The van der Waals surface area contributed by atoms with Crippen LogP contribution in [0.3, 0.4) is 0 Å². The molecule has 4 rings (SSSR count). The number of hydrogen-bond donors (Lipinski definition) is 1. The first kappa shape index (κ1) is 30.8. The highest BCUT2D eigenvalue weighted by molar-refractivity contribution is 5.82. The summed E-state index contributed by atoms with van der Waals surface area (Å²) >= 11 is 0. The Morgan fingerprint density at radius 2 is 1.76 bits per heavy atom. The molecule has 0 bridgehead atoms. The zero-order valence-electron chi connectivity index (χ0n) is 24.7. The molecule has 1 saturated heterocycles. The van der Waals surface area contributed by atoms with Gasteiger partial charge in [-0.1, -0.05) is 24.3 Å². The molecule has 41 heavy (non-hydrogen) atoms. The summed E-state index contributed by atoms with van der Waals surface area (Å²) < 4.78 is 46.8. The van der Waals surface area contributed by atoms with E-state index in [0.717, 1.165) is 32.2 Å². The summed E-state index contributed by atoms with van der Waals surface area (Å²) in [7, 11) is 3.18. The summed E-state index contributed by atoms with van der Waals surface area (Å²) in [6.45, 7) is 6.02. The molecule has 1 heterocycles. The van der Waals surface area contributed by atoms with Crippen LogP contribution in [0.25, 0.3) is 0 Å². The highest BCUT2D eigenvalue weighted by Gasteiger charge is 2.43. The van der Waals surface area contributed by atoms with E-state index >= 15 is 4.39 Å². The van der Waals surface area contributed by atoms with Crippen LogP contribution in [0.5, 0.6) is 5.75 Å². The van der Waals surface area contributed by atoms with Gasteiger partial charge in [0.05, 0.1) is 13.7 Å². The lowest BCUT2D eigenvalue weighted by Crippen LogP contribution is -2.44.